The molecule has 0 fully saturated rings. The molecule has 5 nitrogen and oxygen atoms in total. The van der Waals surface area contributed by atoms with Gasteiger partial charge in [0, 0.05) is 5.56 Å². The lowest BCUT2D eigenvalue weighted by molar-refractivity contribution is 0.0954. The molecule has 1 amide bonds. The van der Waals surface area contributed by atoms with E-state index in [1.54, 1.807) is 25.3 Å². The van der Waals surface area contributed by atoms with E-state index in [9.17, 15) is 4.79 Å². The van der Waals surface area contributed by atoms with Crippen LogP contribution in [0.1, 0.15) is 50.4 Å². The molecule has 2 rings (SSSR count). The lowest BCUT2D eigenvalue weighted by Gasteiger charge is -2.12. The highest BCUT2D eigenvalue weighted by Gasteiger charge is 2.12. The molecule has 130 valence electrons. The Morgan fingerprint density at radius 2 is 2.08 bits per heavy atom. The summed E-state index contributed by atoms with van der Waals surface area (Å²) in [6.45, 7) is 6.99. The van der Waals surface area contributed by atoms with E-state index in [1.165, 1.54) is 5.57 Å². The fraction of sp³-hybridized carbons (Fsp3) is 0.474. The van der Waals surface area contributed by atoms with Crippen LogP contribution < -0.4 is 14.9 Å². The van der Waals surface area contributed by atoms with Gasteiger partial charge in [0.15, 0.2) is 11.5 Å². The molecule has 0 atom stereocenters. The van der Waals surface area contributed by atoms with Gasteiger partial charge in [-0.05, 0) is 56.4 Å². The van der Waals surface area contributed by atoms with E-state index in [-0.39, 0.29) is 5.91 Å². The average Bonchev–Trinajstić information content (AvgIpc) is 2.98. The van der Waals surface area contributed by atoms with Gasteiger partial charge in [0.2, 0.25) is 0 Å². The Morgan fingerprint density at radius 3 is 2.71 bits per heavy atom. The molecule has 0 heterocycles. The number of nitrogens with zero attached hydrogens (tertiary/aromatic N) is 1. The van der Waals surface area contributed by atoms with Crippen LogP contribution in [-0.2, 0) is 0 Å². The van der Waals surface area contributed by atoms with Crippen molar-refractivity contribution in [2.24, 2.45) is 11.0 Å². The van der Waals surface area contributed by atoms with Crippen molar-refractivity contribution in [1.82, 2.24) is 5.43 Å². The van der Waals surface area contributed by atoms with Gasteiger partial charge in [-0.15, -0.1) is 0 Å². The predicted molar refractivity (Wildman–Crippen MR) is 95.8 cm³/mol. The van der Waals surface area contributed by atoms with Crippen molar-refractivity contribution in [3.63, 3.8) is 0 Å². The van der Waals surface area contributed by atoms with Crippen molar-refractivity contribution < 1.29 is 14.3 Å². The van der Waals surface area contributed by atoms with E-state index in [4.69, 9.17) is 9.47 Å². The van der Waals surface area contributed by atoms with Crippen LogP contribution >= 0.6 is 0 Å². The second-order valence-corrected chi connectivity index (χ2v) is 6.43. The number of amides is 1. The third-order valence-corrected chi connectivity index (χ3v) is 3.87. The van der Waals surface area contributed by atoms with Gasteiger partial charge in [-0.3, -0.25) is 4.79 Å². The fourth-order valence-electron chi connectivity index (χ4n) is 2.36. The molecule has 0 saturated heterocycles. The summed E-state index contributed by atoms with van der Waals surface area (Å²) in [6, 6.07) is 5.16. The lowest BCUT2D eigenvalue weighted by atomic mass is 10.1. The molecule has 1 aromatic rings. The van der Waals surface area contributed by atoms with E-state index in [0.29, 0.717) is 29.6 Å². The largest absolute Gasteiger partial charge is 0.493 e. The number of benzene rings is 1. The molecule has 0 aromatic heterocycles. The smallest absolute Gasteiger partial charge is 0.271 e. The summed E-state index contributed by atoms with van der Waals surface area (Å²) < 4.78 is 11.1. The summed E-state index contributed by atoms with van der Waals surface area (Å²) >= 11 is 0. The molecule has 0 unspecified atom stereocenters. The van der Waals surface area contributed by atoms with Crippen molar-refractivity contribution in [3.05, 3.63) is 35.4 Å². The second-order valence-electron chi connectivity index (χ2n) is 6.43. The standard InChI is InChI=1S/C19H26N2O3/c1-13(2)9-10-24-17-8-6-15(12-18(17)23-4)19(22)21-20-16-7-5-14(3)11-16/h6,8,11-13H,5,7,9-10H2,1-4H3,(H,21,22)/b20-16-. The zero-order valence-electron chi connectivity index (χ0n) is 14.9. The van der Waals surface area contributed by atoms with Crippen LogP contribution in [0.4, 0.5) is 0 Å². The van der Waals surface area contributed by atoms with Gasteiger partial charge in [0.25, 0.3) is 5.91 Å². The Labute approximate surface area is 143 Å². The second kappa shape index (κ2) is 8.52. The number of hydrogen-bond acceptors (Lipinski definition) is 4. The molecule has 1 N–H and O–H groups in total. The van der Waals surface area contributed by atoms with E-state index < -0.39 is 0 Å². The molecular weight excluding hydrogens is 304 g/mol. The van der Waals surface area contributed by atoms with Gasteiger partial charge in [-0.2, -0.15) is 5.10 Å². The Morgan fingerprint density at radius 1 is 1.29 bits per heavy atom. The van der Waals surface area contributed by atoms with Crippen molar-refractivity contribution in [2.75, 3.05) is 13.7 Å². The van der Waals surface area contributed by atoms with Crippen LogP contribution in [0.15, 0.2) is 34.9 Å². The zero-order valence-corrected chi connectivity index (χ0v) is 14.9. The topological polar surface area (TPSA) is 59.9 Å². The molecule has 0 spiro atoms. The third-order valence-electron chi connectivity index (χ3n) is 3.87. The first kappa shape index (κ1) is 18.0. The molecule has 24 heavy (non-hydrogen) atoms. The number of carbonyl (C=O) groups excluding carboxylic acids is 1. The highest BCUT2D eigenvalue weighted by Crippen LogP contribution is 2.28. The molecule has 0 saturated carbocycles. The number of nitrogens with one attached hydrogen (secondary N) is 1. The van der Waals surface area contributed by atoms with Gasteiger partial charge in [0.1, 0.15) is 0 Å². The fourth-order valence-corrected chi connectivity index (χ4v) is 2.36. The molecule has 0 aliphatic heterocycles. The summed E-state index contributed by atoms with van der Waals surface area (Å²) in [5.41, 5.74) is 5.28. The Hall–Kier alpha value is -2.30. The molecular formula is C19H26N2O3. The number of carbonyl (C=O) groups is 1. The number of allylic oxidation sites excluding steroid dienone is 2. The number of hydrazone groups is 1. The first-order valence-electron chi connectivity index (χ1n) is 8.34. The Balaban J connectivity index is 2.01. The van der Waals surface area contributed by atoms with Gasteiger partial charge < -0.3 is 9.47 Å². The zero-order chi connectivity index (χ0) is 17.5. The average molecular weight is 330 g/mol. The summed E-state index contributed by atoms with van der Waals surface area (Å²) in [5.74, 6) is 1.52. The monoisotopic (exact) mass is 330 g/mol. The summed E-state index contributed by atoms with van der Waals surface area (Å²) in [4.78, 5) is 12.2. The maximum absolute atomic E-state index is 12.2. The van der Waals surface area contributed by atoms with Crippen LogP contribution in [0.5, 0.6) is 11.5 Å². The van der Waals surface area contributed by atoms with Crippen LogP contribution in [0.3, 0.4) is 0 Å². The maximum Gasteiger partial charge on any atom is 0.271 e. The minimum Gasteiger partial charge on any atom is -0.493 e. The van der Waals surface area contributed by atoms with Gasteiger partial charge in [-0.1, -0.05) is 19.4 Å². The van der Waals surface area contributed by atoms with Crippen molar-refractivity contribution in [1.29, 1.82) is 0 Å². The van der Waals surface area contributed by atoms with E-state index in [0.717, 1.165) is 25.0 Å². The number of rotatable bonds is 7. The first-order chi connectivity index (χ1) is 11.5. The molecule has 0 bridgehead atoms. The normalized spacial score (nSPS) is 15.5. The molecule has 0 radical (unpaired) electrons. The molecule has 1 aromatic carbocycles. The highest BCUT2D eigenvalue weighted by molar-refractivity contribution is 6.00. The van der Waals surface area contributed by atoms with Gasteiger partial charge >= 0.3 is 0 Å². The lowest BCUT2D eigenvalue weighted by Crippen LogP contribution is -2.19. The van der Waals surface area contributed by atoms with Crippen LogP contribution in [0, 0.1) is 5.92 Å². The molecule has 5 heteroatoms. The van der Waals surface area contributed by atoms with Crippen LogP contribution in [-0.4, -0.2) is 25.3 Å². The highest BCUT2D eigenvalue weighted by atomic mass is 16.5. The number of ether oxygens (including phenoxy) is 2. The SMILES string of the molecule is COc1cc(C(=O)N/N=C2\C=C(C)CC2)ccc1OCCC(C)C. The quantitative estimate of drug-likeness (QED) is 0.770. The third kappa shape index (κ3) is 5.11. The minimum atomic E-state index is -0.257. The molecule has 1 aliphatic carbocycles. The summed E-state index contributed by atoms with van der Waals surface area (Å²) in [6.07, 6.45) is 4.85. The Kier molecular flexibility index (Phi) is 6.41. The van der Waals surface area contributed by atoms with Crippen LogP contribution in [0.2, 0.25) is 0 Å². The van der Waals surface area contributed by atoms with Gasteiger partial charge in [0.05, 0.1) is 19.4 Å². The maximum atomic E-state index is 12.2. The van der Waals surface area contributed by atoms with E-state index in [2.05, 4.69) is 31.3 Å². The predicted octanol–water partition coefficient (Wildman–Crippen LogP) is 3.95. The summed E-state index contributed by atoms with van der Waals surface area (Å²) in [7, 11) is 1.57. The van der Waals surface area contributed by atoms with E-state index in [1.807, 2.05) is 6.08 Å². The van der Waals surface area contributed by atoms with Crippen LogP contribution in [0.25, 0.3) is 0 Å². The van der Waals surface area contributed by atoms with Crippen molar-refractivity contribution >= 4 is 11.6 Å². The minimum absolute atomic E-state index is 0.257. The Bertz CT molecular complexity index is 648. The van der Waals surface area contributed by atoms with Crippen molar-refractivity contribution in [3.8, 4) is 11.5 Å². The number of methoxy groups -OCH3 is 1. The summed E-state index contributed by atoms with van der Waals surface area (Å²) in [5, 5.41) is 4.17. The van der Waals surface area contributed by atoms with Gasteiger partial charge in [-0.25, -0.2) is 5.43 Å². The number of hydrogen-bond donors (Lipinski definition) is 1. The first-order valence-corrected chi connectivity index (χ1v) is 8.34. The van der Waals surface area contributed by atoms with Crippen molar-refractivity contribution in [2.45, 2.75) is 40.0 Å². The van der Waals surface area contributed by atoms with E-state index >= 15 is 0 Å². The molecule has 1 aliphatic rings.